The van der Waals surface area contributed by atoms with Crippen molar-refractivity contribution in [3.63, 3.8) is 0 Å². The van der Waals surface area contributed by atoms with Crippen LogP contribution in [0.2, 0.25) is 0 Å². The summed E-state index contributed by atoms with van der Waals surface area (Å²) >= 11 is 0. The van der Waals surface area contributed by atoms with E-state index in [1.54, 1.807) is 6.08 Å². The van der Waals surface area contributed by atoms with Crippen LogP contribution in [0.25, 0.3) is 0 Å². The Labute approximate surface area is 436 Å². The largest absolute Gasteiger partial charge is 0.397 e. The van der Waals surface area contributed by atoms with Crippen LogP contribution in [0.3, 0.4) is 0 Å². The van der Waals surface area contributed by atoms with Crippen molar-refractivity contribution in [1.29, 1.82) is 0 Å². The van der Waals surface area contributed by atoms with Gasteiger partial charge in [-0.2, -0.15) is 8.42 Å². The maximum atomic E-state index is 13.1. The van der Waals surface area contributed by atoms with Gasteiger partial charge in [-0.25, -0.2) is 4.18 Å². The highest BCUT2D eigenvalue weighted by Crippen LogP contribution is 2.26. The molecule has 13 heteroatoms. The molecule has 1 heterocycles. The fourth-order valence-corrected chi connectivity index (χ4v) is 10.4. The van der Waals surface area contributed by atoms with Crippen LogP contribution in [0.4, 0.5) is 0 Å². The standard InChI is InChI=1S/C58H113NO11S/c1-3-5-7-9-11-13-15-17-19-21-22-23-24-25-26-27-28-29-30-31-32-34-36-38-40-42-44-46-48-54(62)59-51(50-68-58-56(64)57(70-71(65,66)67)55(63)53(49-60)69-58)52(61)47-45-43-41-39-37-35-33-20-18-16-14-12-10-8-6-4-2/h45,47,51-53,55-58,60-61,63-64H,3-44,46,48-50H2,1-2H3,(H,59,62)(H,65,66,67)/b47-45+. The third-order valence-corrected chi connectivity index (χ3v) is 15.0. The van der Waals surface area contributed by atoms with E-state index in [9.17, 15) is 38.2 Å². The molecule has 1 amide bonds. The van der Waals surface area contributed by atoms with E-state index in [4.69, 9.17) is 9.47 Å². The van der Waals surface area contributed by atoms with E-state index >= 15 is 0 Å². The number of aliphatic hydroxyl groups is 4. The van der Waals surface area contributed by atoms with Crippen LogP contribution in [0.1, 0.15) is 296 Å². The van der Waals surface area contributed by atoms with Gasteiger partial charge in [0.25, 0.3) is 0 Å². The molecule has 0 saturated carbocycles. The minimum absolute atomic E-state index is 0.255. The van der Waals surface area contributed by atoms with Gasteiger partial charge in [0.05, 0.1) is 25.4 Å². The minimum Gasteiger partial charge on any atom is -0.394 e. The van der Waals surface area contributed by atoms with E-state index in [0.29, 0.717) is 6.42 Å². The molecule has 1 fully saturated rings. The SMILES string of the molecule is CCCCCCCCCCCCCCCC/C=C/C(O)C(COC1OC(CO)C(O)C(OS(=O)(=O)O)C1O)NC(=O)CCCCCCCCCCCCCCCCCCCCCCCCCCCCCC. The van der Waals surface area contributed by atoms with E-state index in [0.717, 1.165) is 38.5 Å². The molecule has 1 rings (SSSR count). The van der Waals surface area contributed by atoms with Crippen LogP contribution in [0, 0.1) is 0 Å². The summed E-state index contributed by atoms with van der Waals surface area (Å²) in [6.07, 6.45) is 49.8. The minimum atomic E-state index is -5.09. The molecule has 0 aromatic heterocycles. The van der Waals surface area contributed by atoms with E-state index in [1.165, 1.54) is 231 Å². The zero-order valence-electron chi connectivity index (χ0n) is 45.8. The summed E-state index contributed by atoms with van der Waals surface area (Å²) in [5, 5.41) is 45.0. The third-order valence-electron chi connectivity index (χ3n) is 14.6. The Bertz CT molecular complexity index is 1310. The summed E-state index contributed by atoms with van der Waals surface area (Å²) in [5.41, 5.74) is 0. The zero-order chi connectivity index (χ0) is 51.9. The van der Waals surface area contributed by atoms with Crippen molar-refractivity contribution in [3.8, 4) is 0 Å². The first kappa shape index (κ1) is 67.9. The lowest BCUT2D eigenvalue weighted by Crippen LogP contribution is -2.61. The highest BCUT2D eigenvalue weighted by molar-refractivity contribution is 7.80. The summed E-state index contributed by atoms with van der Waals surface area (Å²) < 4.78 is 47.8. The molecule has 7 unspecified atom stereocenters. The van der Waals surface area contributed by atoms with E-state index in [1.807, 2.05) is 6.08 Å². The van der Waals surface area contributed by atoms with Crippen molar-refractivity contribution in [2.24, 2.45) is 0 Å². The van der Waals surface area contributed by atoms with E-state index in [2.05, 4.69) is 23.3 Å². The van der Waals surface area contributed by atoms with Crippen LogP contribution < -0.4 is 5.32 Å². The summed E-state index contributed by atoms with van der Waals surface area (Å²) in [7, 11) is -5.09. The predicted molar refractivity (Wildman–Crippen MR) is 292 cm³/mol. The van der Waals surface area contributed by atoms with Crippen molar-refractivity contribution < 1.29 is 51.8 Å². The van der Waals surface area contributed by atoms with Gasteiger partial charge in [0.2, 0.25) is 5.91 Å². The van der Waals surface area contributed by atoms with Gasteiger partial charge in [-0.3, -0.25) is 9.35 Å². The van der Waals surface area contributed by atoms with Gasteiger partial charge in [-0.1, -0.05) is 283 Å². The smallest absolute Gasteiger partial charge is 0.394 e. The number of hydrogen-bond acceptors (Lipinski definition) is 10. The molecule has 0 bridgehead atoms. The molecule has 7 atom stereocenters. The fourth-order valence-electron chi connectivity index (χ4n) is 9.93. The lowest BCUT2D eigenvalue weighted by molar-refractivity contribution is -0.298. The Morgan fingerprint density at radius 1 is 0.549 bits per heavy atom. The lowest BCUT2D eigenvalue weighted by atomic mass is 9.99. The molecule has 0 radical (unpaired) electrons. The Morgan fingerprint density at radius 3 is 1.23 bits per heavy atom. The van der Waals surface area contributed by atoms with Crippen LogP contribution >= 0.6 is 0 Å². The molecule has 71 heavy (non-hydrogen) atoms. The summed E-state index contributed by atoms with van der Waals surface area (Å²) in [5.74, 6) is -0.255. The first-order valence-corrected chi connectivity index (χ1v) is 31.4. The normalized spacial score (nSPS) is 19.5. The summed E-state index contributed by atoms with van der Waals surface area (Å²) in [6, 6.07) is -0.940. The highest BCUT2D eigenvalue weighted by Gasteiger charge is 2.48. The van der Waals surface area contributed by atoms with Crippen molar-refractivity contribution in [3.05, 3.63) is 12.2 Å². The second-order valence-corrected chi connectivity index (χ2v) is 22.4. The Morgan fingerprint density at radius 2 is 0.887 bits per heavy atom. The number of allylic oxidation sites excluding steroid dienone is 1. The molecule has 12 nitrogen and oxygen atoms in total. The van der Waals surface area contributed by atoms with E-state index < -0.39 is 59.9 Å². The van der Waals surface area contributed by atoms with Gasteiger partial charge < -0.3 is 35.2 Å². The van der Waals surface area contributed by atoms with Crippen LogP contribution in [-0.2, 0) is 28.9 Å². The molecule has 1 aliphatic rings. The number of carbonyl (C=O) groups excluding carboxylic acids is 1. The van der Waals surface area contributed by atoms with Gasteiger partial charge in [0.1, 0.15) is 24.4 Å². The topological polar surface area (TPSA) is 192 Å². The van der Waals surface area contributed by atoms with Crippen LogP contribution in [0.5, 0.6) is 0 Å². The average Bonchev–Trinajstić information content (AvgIpc) is 3.34. The monoisotopic (exact) mass is 1030 g/mol. The molecule has 0 aliphatic carbocycles. The number of ether oxygens (including phenoxy) is 2. The number of amides is 1. The predicted octanol–water partition coefficient (Wildman–Crippen LogP) is 14.2. The molecule has 1 aliphatic heterocycles. The van der Waals surface area contributed by atoms with Crippen molar-refractivity contribution in [1.82, 2.24) is 5.32 Å². The molecular weight excluding hydrogens is 919 g/mol. The lowest BCUT2D eigenvalue weighted by Gasteiger charge is -2.41. The quantitative estimate of drug-likeness (QED) is 0.0193. The molecule has 0 aromatic rings. The van der Waals surface area contributed by atoms with Crippen molar-refractivity contribution >= 4 is 16.3 Å². The Balaban J connectivity index is 2.29. The highest BCUT2D eigenvalue weighted by atomic mass is 32.3. The van der Waals surface area contributed by atoms with E-state index in [-0.39, 0.29) is 18.9 Å². The number of aliphatic hydroxyl groups excluding tert-OH is 4. The number of unbranched alkanes of at least 4 members (excludes halogenated alkanes) is 41. The molecule has 0 aromatic carbocycles. The van der Waals surface area contributed by atoms with Crippen molar-refractivity contribution in [2.45, 2.75) is 339 Å². The Kier molecular flexibility index (Phi) is 46.3. The number of carbonyl (C=O) groups is 1. The second-order valence-electron chi connectivity index (χ2n) is 21.3. The summed E-state index contributed by atoms with van der Waals surface area (Å²) in [4.78, 5) is 13.1. The first-order chi connectivity index (χ1) is 34.5. The van der Waals surface area contributed by atoms with Gasteiger partial charge >= 0.3 is 10.4 Å². The Hall–Kier alpha value is -1.16. The maximum absolute atomic E-state index is 13.1. The van der Waals surface area contributed by atoms with Crippen LogP contribution in [0.15, 0.2) is 12.2 Å². The second kappa shape index (κ2) is 48.5. The average molecular weight is 1030 g/mol. The number of rotatable bonds is 53. The number of nitrogens with one attached hydrogen (secondary N) is 1. The van der Waals surface area contributed by atoms with Gasteiger partial charge in [-0.15, -0.1) is 0 Å². The van der Waals surface area contributed by atoms with Crippen molar-refractivity contribution in [2.75, 3.05) is 13.2 Å². The summed E-state index contributed by atoms with van der Waals surface area (Å²) in [6.45, 7) is 3.44. The van der Waals surface area contributed by atoms with Gasteiger partial charge in [-0.05, 0) is 19.3 Å². The molecule has 422 valence electrons. The molecule has 0 spiro atoms. The molecule has 6 N–H and O–H groups in total. The van der Waals surface area contributed by atoms with Crippen LogP contribution in [-0.4, -0.2) is 95.4 Å². The molecule has 1 saturated heterocycles. The zero-order valence-corrected chi connectivity index (χ0v) is 46.6. The van der Waals surface area contributed by atoms with Gasteiger partial charge in [0, 0.05) is 6.42 Å². The third kappa shape index (κ3) is 40.8. The molecular formula is C58H113NO11S. The fraction of sp³-hybridized carbons (Fsp3) is 0.948. The first-order valence-electron chi connectivity index (χ1n) is 30.1. The maximum Gasteiger partial charge on any atom is 0.397 e. The number of hydrogen-bond donors (Lipinski definition) is 6. The van der Waals surface area contributed by atoms with Gasteiger partial charge in [0.15, 0.2) is 6.29 Å².